The molecule has 3 nitrogen and oxygen atoms in total. The number of rotatable bonds is 6. The highest BCUT2D eigenvalue weighted by molar-refractivity contribution is 6.32. The molecule has 1 aliphatic heterocycles. The van der Waals surface area contributed by atoms with Gasteiger partial charge in [0.05, 0.1) is 12.2 Å². The van der Waals surface area contributed by atoms with Crippen molar-refractivity contribution >= 4 is 17.4 Å². The molecule has 0 saturated carbocycles. The third-order valence-corrected chi connectivity index (χ3v) is 4.66. The number of ether oxygens (including phenoxy) is 1. The Balaban J connectivity index is 2.19. The maximum Gasteiger partial charge on any atom is 0.168 e. The highest BCUT2D eigenvalue weighted by atomic mass is 35.5. The van der Waals surface area contributed by atoms with Gasteiger partial charge in [-0.15, -0.1) is 0 Å². The van der Waals surface area contributed by atoms with Crippen LogP contribution in [0.3, 0.4) is 0 Å². The van der Waals surface area contributed by atoms with Gasteiger partial charge >= 0.3 is 0 Å². The smallest absolute Gasteiger partial charge is 0.168 e. The molecule has 4 heteroatoms. The zero-order chi connectivity index (χ0) is 15.4. The number of benzene rings is 1. The molecule has 1 aromatic carbocycles. The van der Waals surface area contributed by atoms with Crippen molar-refractivity contribution in [2.75, 3.05) is 26.2 Å². The predicted molar refractivity (Wildman–Crippen MR) is 86.7 cm³/mol. The normalized spacial score (nSPS) is 15.4. The molecular formula is C17H24ClNO2. The zero-order valence-corrected chi connectivity index (χ0v) is 13.9. The van der Waals surface area contributed by atoms with E-state index in [1.807, 2.05) is 26.8 Å². The summed E-state index contributed by atoms with van der Waals surface area (Å²) in [7, 11) is 0. The lowest BCUT2D eigenvalue weighted by Gasteiger charge is -2.17. The number of hydrogen-bond donors (Lipinski definition) is 0. The number of ketones is 1. The second-order valence-electron chi connectivity index (χ2n) is 5.66. The van der Waals surface area contributed by atoms with Crippen molar-refractivity contribution in [3.8, 4) is 5.75 Å². The summed E-state index contributed by atoms with van der Waals surface area (Å²) in [5.41, 5.74) is 2.45. The van der Waals surface area contributed by atoms with Crippen LogP contribution in [-0.2, 0) is 0 Å². The summed E-state index contributed by atoms with van der Waals surface area (Å²) in [4.78, 5) is 15.0. The van der Waals surface area contributed by atoms with Gasteiger partial charge < -0.3 is 9.64 Å². The number of nitrogens with zero attached hydrogens (tertiary/aromatic N) is 1. The molecule has 0 radical (unpaired) electrons. The summed E-state index contributed by atoms with van der Waals surface area (Å²) in [6.45, 7) is 9.37. The molecule has 0 aromatic heterocycles. The first-order valence-electron chi connectivity index (χ1n) is 7.72. The van der Waals surface area contributed by atoms with Gasteiger partial charge in [-0.3, -0.25) is 4.79 Å². The summed E-state index contributed by atoms with van der Waals surface area (Å²) < 4.78 is 5.65. The van der Waals surface area contributed by atoms with Crippen LogP contribution in [0.1, 0.15) is 47.7 Å². The van der Waals surface area contributed by atoms with E-state index >= 15 is 0 Å². The molecule has 0 unspecified atom stereocenters. The molecule has 1 saturated heterocycles. The maximum atomic E-state index is 12.6. The molecule has 0 N–H and O–H groups in total. The van der Waals surface area contributed by atoms with Gasteiger partial charge in [-0.1, -0.05) is 11.6 Å². The van der Waals surface area contributed by atoms with E-state index in [0.29, 0.717) is 29.4 Å². The third-order valence-electron chi connectivity index (χ3n) is 4.08. The second-order valence-corrected chi connectivity index (χ2v) is 6.04. The Morgan fingerprint density at radius 2 is 2.00 bits per heavy atom. The number of aryl methyl sites for hydroxylation is 1. The standard InChI is InChI=1S/C17H24ClNO2/c1-4-21-15-11-12(2)17(18)13(3)16(15)14(20)7-10-19-8-5-6-9-19/h11H,4-10H2,1-3H3. The molecule has 116 valence electrons. The molecule has 1 fully saturated rings. The van der Waals surface area contributed by atoms with Crippen LogP contribution in [0.15, 0.2) is 6.07 Å². The fourth-order valence-electron chi connectivity index (χ4n) is 2.93. The minimum Gasteiger partial charge on any atom is -0.493 e. The van der Waals surface area contributed by atoms with Crippen molar-refractivity contribution in [2.45, 2.75) is 40.0 Å². The SMILES string of the molecule is CCOc1cc(C)c(Cl)c(C)c1C(=O)CCN1CCCC1. The first kappa shape index (κ1) is 16.3. The molecule has 1 aliphatic rings. The second kappa shape index (κ2) is 7.28. The lowest BCUT2D eigenvalue weighted by Crippen LogP contribution is -2.23. The number of Topliss-reactive ketones (excluding diaryl/α,β-unsaturated/α-hetero) is 1. The van der Waals surface area contributed by atoms with E-state index in [2.05, 4.69) is 4.90 Å². The quantitative estimate of drug-likeness (QED) is 0.743. The van der Waals surface area contributed by atoms with Crippen LogP contribution in [0.25, 0.3) is 0 Å². The number of carbonyl (C=O) groups is 1. The highest BCUT2D eigenvalue weighted by Gasteiger charge is 2.21. The fourth-order valence-corrected chi connectivity index (χ4v) is 3.08. The van der Waals surface area contributed by atoms with Crippen LogP contribution in [0.4, 0.5) is 0 Å². The first-order chi connectivity index (χ1) is 10.0. The van der Waals surface area contributed by atoms with Gasteiger partial charge in [-0.05, 0) is 63.9 Å². The summed E-state index contributed by atoms with van der Waals surface area (Å²) in [5.74, 6) is 0.799. The van der Waals surface area contributed by atoms with Gasteiger partial charge in [0.15, 0.2) is 5.78 Å². The Morgan fingerprint density at radius 3 is 2.62 bits per heavy atom. The van der Waals surface area contributed by atoms with Gasteiger partial charge in [0.2, 0.25) is 0 Å². The Bertz CT molecular complexity index is 522. The third kappa shape index (κ3) is 3.78. The van der Waals surface area contributed by atoms with Crippen molar-refractivity contribution < 1.29 is 9.53 Å². The lowest BCUT2D eigenvalue weighted by atomic mass is 9.98. The molecule has 0 atom stereocenters. The van der Waals surface area contributed by atoms with Crippen LogP contribution in [0.2, 0.25) is 5.02 Å². The minimum absolute atomic E-state index is 0.129. The van der Waals surface area contributed by atoms with Crippen molar-refractivity contribution in [3.63, 3.8) is 0 Å². The zero-order valence-electron chi connectivity index (χ0n) is 13.2. The minimum atomic E-state index is 0.129. The number of halogens is 1. The van der Waals surface area contributed by atoms with Crippen LogP contribution >= 0.6 is 11.6 Å². The van der Waals surface area contributed by atoms with E-state index in [4.69, 9.17) is 16.3 Å². The van der Waals surface area contributed by atoms with E-state index in [1.165, 1.54) is 12.8 Å². The maximum absolute atomic E-state index is 12.6. The molecular weight excluding hydrogens is 286 g/mol. The van der Waals surface area contributed by atoms with Gasteiger partial charge in [-0.25, -0.2) is 0 Å². The van der Waals surface area contributed by atoms with Gasteiger partial charge in [0, 0.05) is 18.0 Å². The molecule has 0 spiro atoms. The Labute approximate surface area is 132 Å². The molecule has 0 bridgehead atoms. The fraction of sp³-hybridized carbons (Fsp3) is 0.588. The molecule has 21 heavy (non-hydrogen) atoms. The monoisotopic (exact) mass is 309 g/mol. The highest BCUT2D eigenvalue weighted by Crippen LogP contribution is 2.32. The number of hydrogen-bond acceptors (Lipinski definition) is 3. The van der Waals surface area contributed by atoms with E-state index in [9.17, 15) is 4.79 Å². The van der Waals surface area contributed by atoms with Crippen LogP contribution in [-0.4, -0.2) is 36.9 Å². The Morgan fingerprint density at radius 1 is 1.33 bits per heavy atom. The van der Waals surface area contributed by atoms with Crippen molar-refractivity contribution in [1.29, 1.82) is 0 Å². The molecule has 0 amide bonds. The summed E-state index contributed by atoms with van der Waals surface area (Å²) >= 11 is 6.31. The summed E-state index contributed by atoms with van der Waals surface area (Å²) in [6.07, 6.45) is 3.02. The van der Waals surface area contributed by atoms with E-state index < -0.39 is 0 Å². The van der Waals surface area contributed by atoms with Crippen molar-refractivity contribution in [3.05, 3.63) is 27.8 Å². The van der Waals surface area contributed by atoms with E-state index in [0.717, 1.165) is 30.8 Å². The van der Waals surface area contributed by atoms with Gasteiger partial charge in [0.1, 0.15) is 5.75 Å². The largest absolute Gasteiger partial charge is 0.493 e. The predicted octanol–water partition coefficient (Wildman–Crippen LogP) is 4.02. The average Bonchev–Trinajstić information content (AvgIpc) is 2.96. The summed E-state index contributed by atoms with van der Waals surface area (Å²) in [6, 6.07) is 1.88. The Kier molecular flexibility index (Phi) is 5.65. The van der Waals surface area contributed by atoms with Crippen molar-refractivity contribution in [2.24, 2.45) is 0 Å². The topological polar surface area (TPSA) is 29.5 Å². The number of likely N-dealkylation sites (tertiary alicyclic amines) is 1. The number of carbonyl (C=O) groups excluding carboxylic acids is 1. The van der Waals surface area contributed by atoms with E-state index in [1.54, 1.807) is 0 Å². The van der Waals surface area contributed by atoms with Gasteiger partial charge in [-0.2, -0.15) is 0 Å². The van der Waals surface area contributed by atoms with Crippen molar-refractivity contribution in [1.82, 2.24) is 4.90 Å². The molecule has 1 heterocycles. The Hall–Kier alpha value is -1.06. The molecule has 1 aromatic rings. The van der Waals surface area contributed by atoms with Gasteiger partial charge in [0.25, 0.3) is 0 Å². The van der Waals surface area contributed by atoms with Crippen LogP contribution < -0.4 is 4.74 Å². The molecule has 2 rings (SSSR count). The van der Waals surface area contributed by atoms with Crippen LogP contribution in [0, 0.1) is 13.8 Å². The van der Waals surface area contributed by atoms with E-state index in [-0.39, 0.29) is 5.78 Å². The first-order valence-corrected chi connectivity index (χ1v) is 8.10. The average molecular weight is 310 g/mol. The van der Waals surface area contributed by atoms with Crippen LogP contribution in [0.5, 0.6) is 5.75 Å². The summed E-state index contributed by atoms with van der Waals surface area (Å²) in [5, 5.41) is 0.669. The molecule has 0 aliphatic carbocycles. The lowest BCUT2D eigenvalue weighted by molar-refractivity contribution is 0.0964.